The lowest BCUT2D eigenvalue weighted by Crippen LogP contribution is -2.60. The molecule has 152 valence electrons. The van der Waals surface area contributed by atoms with E-state index in [1.165, 1.54) is 37.1 Å². The maximum atomic E-state index is 13.3. The summed E-state index contributed by atoms with van der Waals surface area (Å²) in [6.45, 7) is 4.79. The molecule has 2 aromatic carbocycles. The highest BCUT2D eigenvalue weighted by Gasteiger charge is 2.45. The van der Waals surface area contributed by atoms with Crippen LogP contribution in [-0.2, 0) is 9.59 Å². The average Bonchev–Trinajstić information content (AvgIpc) is 2.68. The predicted molar refractivity (Wildman–Crippen MR) is 106 cm³/mol. The van der Waals surface area contributed by atoms with E-state index in [0.717, 1.165) is 0 Å². The number of nitro benzene ring substituents is 1. The van der Waals surface area contributed by atoms with E-state index in [1.54, 1.807) is 38.1 Å². The highest BCUT2D eigenvalue weighted by atomic mass is 16.6. The maximum absolute atomic E-state index is 13.3. The molecule has 3 rings (SSSR count). The molecular weight excluding hydrogens is 378 g/mol. The van der Waals surface area contributed by atoms with Crippen LogP contribution >= 0.6 is 0 Å². The van der Waals surface area contributed by atoms with Crippen molar-refractivity contribution in [2.75, 3.05) is 17.3 Å². The van der Waals surface area contributed by atoms with Gasteiger partial charge in [-0.2, -0.15) is 0 Å². The standard InChI is InChI=1S/C20H21N3O6/c1-12(29-17-11-13(23(26)27)9-10-16(17)28-4)18(24)22-15-8-6-5-7-14(15)21-19(25)20(22,2)3/h5-12H,1-4H3,(H,21,25)/t12-/m0/s1. The minimum Gasteiger partial charge on any atom is -0.493 e. The van der Waals surface area contributed by atoms with Crippen molar-refractivity contribution < 1.29 is 24.0 Å². The Balaban J connectivity index is 1.95. The number of amides is 2. The van der Waals surface area contributed by atoms with Crippen LogP contribution in [0.15, 0.2) is 42.5 Å². The lowest BCUT2D eigenvalue weighted by molar-refractivity contribution is -0.385. The number of hydrogen-bond acceptors (Lipinski definition) is 6. The topological polar surface area (TPSA) is 111 Å². The fourth-order valence-electron chi connectivity index (χ4n) is 3.14. The zero-order valence-corrected chi connectivity index (χ0v) is 16.5. The summed E-state index contributed by atoms with van der Waals surface area (Å²) in [5.41, 5.74) is -0.284. The van der Waals surface area contributed by atoms with E-state index in [9.17, 15) is 19.7 Å². The molecule has 0 fully saturated rings. The van der Waals surface area contributed by atoms with Crippen molar-refractivity contribution in [2.24, 2.45) is 0 Å². The van der Waals surface area contributed by atoms with Crippen molar-refractivity contribution in [1.29, 1.82) is 0 Å². The van der Waals surface area contributed by atoms with E-state index >= 15 is 0 Å². The van der Waals surface area contributed by atoms with Gasteiger partial charge in [-0.3, -0.25) is 24.6 Å². The van der Waals surface area contributed by atoms with Gasteiger partial charge in [0.2, 0.25) is 5.91 Å². The molecule has 2 aromatic rings. The fraction of sp³-hybridized carbons (Fsp3) is 0.300. The minimum atomic E-state index is -1.16. The number of benzene rings is 2. The molecule has 9 nitrogen and oxygen atoms in total. The number of rotatable bonds is 5. The summed E-state index contributed by atoms with van der Waals surface area (Å²) in [7, 11) is 1.40. The van der Waals surface area contributed by atoms with Crippen LogP contribution < -0.4 is 19.7 Å². The Morgan fingerprint density at radius 3 is 2.55 bits per heavy atom. The van der Waals surface area contributed by atoms with Gasteiger partial charge >= 0.3 is 0 Å². The van der Waals surface area contributed by atoms with Gasteiger partial charge in [0, 0.05) is 6.07 Å². The zero-order valence-electron chi connectivity index (χ0n) is 16.5. The van der Waals surface area contributed by atoms with Gasteiger partial charge in [0.15, 0.2) is 17.6 Å². The number of ether oxygens (including phenoxy) is 2. The Hall–Kier alpha value is -3.62. The highest BCUT2D eigenvalue weighted by Crippen LogP contribution is 2.38. The van der Waals surface area contributed by atoms with Gasteiger partial charge in [0.25, 0.3) is 11.6 Å². The van der Waals surface area contributed by atoms with Crippen LogP contribution in [0.1, 0.15) is 20.8 Å². The number of methoxy groups -OCH3 is 1. The predicted octanol–water partition coefficient (Wildman–Crippen LogP) is 3.13. The molecule has 0 aromatic heterocycles. The first kappa shape index (κ1) is 20.1. The number of nitrogens with zero attached hydrogens (tertiary/aromatic N) is 2. The Bertz CT molecular complexity index is 988. The summed E-state index contributed by atoms with van der Waals surface area (Å²) in [6, 6.07) is 10.8. The lowest BCUT2D eigenvalue weighted by Gasteiger charge is -2.42. The number of nitrogens with one attached hydrogen (secondary N) is 1. The number of nitro groups is 1. The van der Waals surface area contributed by atoms with Crippen LogP contribution in [0.4, 0.5) is 17.1 Å². The summed E-state index contributed by atoms with van der Waals surface area (Å²) in [6.07, 6.45) is -1.04. The van der Waals surface area contributed by atoms with Crippen molar-refractivity contribution in [3.8, 4) is 11.5 Å². The largest absolute Gasteiger partial charge is 0.493 e. The molecule has 0 bridgehead atoms. The smallest absolute Gasteiger partial charge is 0.273 e. The van der Waals surface area contributed by atoms with Crippen molar-refractivity contribution >= 4 is 28.9 Å². The number of anilines is 2. The van der Waals surface area contributed by atoms with E-state index in [0.29, 0.717) is 11.4 Å². The molecule has 1 heterocycles. The Morgan fingerprint density at radius 1 is 1.21 bits per heavy atom. The van der Waals surface area contributed by atoms with Crippen molar-refractivity contribution in [2.45, 2.75) is 32.4 Å². The van der Waals surface area contributed by atoms with Crippen LogP contribution in [0.2, 0.25) is 0 Å². The van der Waals surface area contributed by atoms with Gasteiger partial charge in [-0.25, -0.2) is 0 Å². The zero-order chi connectivity index (χ0) is 21.3. The van der Waals surface area contributed by atoms with Crippen molar-refractivity contribution in [1.82, 2.24) is 0 Å². The van der Waals surface area contributed by atoms with Gasteiger partial charge in [-0.15, -0.1) is 0 Å². The van der Waals surface area contributed by atoms with E-state index in [1.807, 2.05) is 0 Å². The first-order chi connectivity index (χ1) is 13.7. The molecule has 2 amide bonds. The molecule has 0 aliphatic carbocycles. The first-order valence-corrected chi connectivity index (χ1v) is 8.90. The highest BCUT2D eigenvalue weighted by molar-refractivity contribution is 6.14. The van der Waals surface area contributed by atoms with Gasteiger partial charge in [-0.1, -0.05) is 12.1 Å². The molecule has 1 aliphatic heterocycles. The fourth-order valence-corrected chi connectivity index (χ4v) is 3.14. The summed E-state index contributed by atoms with van der Waals surface area (Å²) in [4.78, 5) is 37.7. The summed E-state index contributed by atoms with van der Waals surface area (Å²) in [5.74, 6) is -0.475. The number of para-hydroxylation sites is 2. The van der Waals surface area contributed by atoms with Crippen molar-refractivity contribution in [3.63, 3.8) is 0 Å². The molecule has 1 atom stereocenters. The van der Waals surface area contributed by atoms with E-state index in [-0.39, 0.29) is 23.1 Å². The Labute approximate surface area is 167 Å². The monoisotopic (exact) mass is 399 g/mol. The lowest BCUT2D eigenvalue weighted by atomic mass is 9.95. The number of hydrogen-bond donors (Lipinski definition) is 1. The molecule has 9 heteroatoms. The molecule has 1 N–H and O–H groups in total. The number of carbonyl (C=O) groups is 2. The molecule has 0 spiro atoms. The Morgan fingerprint density at radius 2 is 1.90 bits per heavy atom. The molecule has 29 heavy (non-hydrogen) atoms. The van der Waals surface area contributed by atoms with E-state index in [4.69, 9.17) is 9.47 Å². The van der Waals surface area contributed by atoms with Gasteiger partial charge in [-0.05, 0) is 39.0 Å². The van der Waals surface area contributed by atoms with Gasteiger partial charge in [0.05, 0.1) is 29.5 Å². The third-order valence-electron chi connectivity index (χ3n) is 4.74. The molecular formula is C20H21N3O6. The molecule has 0 radical (unpaired) electrons. The maximum Gasteiger partial charge on any atom is 0.273 e. The summed E-state index contributed by atoms with van der Waals surface area (Å²) < 4.78 is 10.9. The van der Waals surface area contributed by atoms with Crippen LogP contribution in [-0.4, -0.2) is 35.5 Å². The normalized spacial score (nSPS) is 15.7. The van der Waals surface area contributed by atoms with Gasteiger partial charge in [0.1, 0.15) is 5.54 Å². The SMILES string of the molecule is COc1ccc([N+](=O)[O-])cc1O[C@@H](C)C(=O)N1c2ccccc2NC(=O)C1(C)C. The second-order valence-electron chi connectivity index (χ2n) is 7.06. The first-order valence-electron chi connectivity index (χ1n) is 8.90. The number of fused-ring (bicyclic) bond motifs is 1. The number of non-ortho nitro benzene ring substituents is 1. The van der Waals surface area contributed by atoms with Crippen LogP contribution in [0.25, 0.3) is 0 Å². The molecule has 0 saturated heterocycles. The quantitative estimate of drug-likeness (QED) is 0.611. The Kier molecular flexibility index (Phi) is 5.15. The van der Waals surface area contributed by atoms with Crippen LogP contribution in [0, 0.1) is 10.1 Å². The van der Waals surface area contributed by atoms with E-state index in [2.05, 4.69) is 5.32 Å². The molecule has 1 aliphatic rings. The van der Waals surface area contributed by atoms with Crippen LogP contribution in [0.3, 0.4) is 0 Å². The van der Waals surface area contributed by atoms with Crippen LogP contribution in [0.5, 0.6) is 11.5 Å². The summed E-state index contributed by atoms with van der Waals surface area (Å²) in [5, 5.41) is 13.9. The third-order valence-corrected chi connectivity index (χ3v) is 4.74. The van der Waals surface area contributed by atoms with E-state index < -0.39 is 22.5 Å². The molecule has 0 saturated carbocycles. The minimum absolute atomic E-state index is 0.0649. The second-order valence-corrected chi connectivity index (χ2v) is 7.06. The summed E-state index contributed by atoms with van der Waals surface area (Å²) >= 11 is 0. The average molecular weight is 399 g/mol. The second kappa shape index (κ2) is 7.42. The van der Waals surface area contributed by atoms with Crippen molar-refractivity contribution in [3.05, 3.63) is 52.6 Å². The van der Waals surface area contributed by atoms with Gasteiger partial charge < -0.3 is 14.8 Å². The third kappa shape index (κ3) is 3.58. The molecule has 0 unspecified atom stereocenters. The number of carbonyl (C=O) groups excluding carboxylic acids is 2.